The largest absolute Gasteiger partial charge is 0.385 e. The Morgan fingerprint density at radius 1 is 1.08 bits per heavy atom. The van der Waals surface area contributed by atoms with Crippen molar-refractivity contribution in [3.8, 4) is 0 Å². The van der Waals surface area contributed by atoms with Crippen LogP contribution in [0.2, 0.25) is 0 Å². The number of hydrogen-bond donors (Lipinski definition) is 2. The van der Waals surface area contributed by atoms with Gasteiger partial charge in [-0.25, -0.2) is 13.1 Å². The Kier molecular flexibility index (Phi) is 6.69. The number of nitrogens with one attached hydrogen (secondary N) is 2. The quantitative estimate of drug-likeness (QED) is 0.707. The lowest BCUT2D eigenvalue weighted by Gasteiger charge is -2.09. The number of sulfonamides is 1. The molecule has 0 aliphatic rings. The second-order valence-electron chi connectivity index (χ2n) is 5.54. The van der Waals surface area contributed by atoms with Crippen molar-refractivity contribution in [2.24, 2.45) is 0 Å². The average molecular weight is 362 g/mol. The summed E-state index contributed by atoms with van der Waals surface area (Å²) < 4.78 is 31.7. The van der Waals surface area contributed by atoms with E-state index in [1.54, 1.807) is 7.11 Å². The van der Waals surface area contributed by atoms with E-state index in [1.165, 1.54) is 24.3 Å². The summed E-state index contributed by atoms with van der Waals surface area (Å²) in [5.74, 6) is -0.286. The van der Waals surface area contributed by atoms with Crippen molar-refractivity contribution in [3.63, 3.8) is 0 Å². The van der Waals surface area contributed by atoms with Crippen molar-refractivity contribution in [2.45, 2.75) is 18.2 Å². The number of methoxy groups -OCH3 is 1. The van der Waals surface area contributed by atoms with Gasteiger partial charge in [-0.1, -0.05) is 18.2 Å². The van der Waals surface area contributed by atoms with Crippen LogP contribution in [-0.4, -0.2) is 34.6 Å². The standard InChI is InChI=1S/C18H22N2O4S/c1-14-6-3-4-7-17(14)20-18(21)15-8-10-16(11-9-15)25(22,23)19-12-5-13-24-2/h3-4,6-11,19H,5,12-13H2,1-2H3,(H,20,21). The predicted octanol–water partition coefficient (Wildman–Crippen LogP) is 2.56. The first-order chi connectivity index (χ1) is 11.9. The Labute approximate surface area is 148 Å². The van der Waals surface area contributed by atoms with E-state index in [0.717, 1.165) is 11.3 Å². The van der Waals surface area contributed by atoms with E-state index < -0.39 is 10.0 Å². The third kappa shape index (κ3) is 5.38. The molecule has 0 aromatic heterocycles. The number of carbonyl (C=O) groups is 1. The topological polar surface area (TPSA) is 84.5 Å². The lowest BCUT2D eigenvalue weighted by Crippen LogP contribution is -2.25. The molecule has 7 heteroatoms. The molecule has 0 radical (unpaired) electrons. The summed E-state index contributed by atoms with van der Waals surface area (Å²) in [4.78, 5) is 12.4. The molecule has 0 heterocycles. The number of hydrogen-bond acceptors (Lipinski definition) is 4. The number of carbonyl (C=O) groups excluding carboxylic acids is 1. The average Bonchev–Trinajstić information content (AvgIpc) is 2.61. The molecule has 0 saturated heterocycles. The first-order valence-electron chi connectivity index (χ1n) is 7.89. The van der Waals surface area contributed by atoms with Gasteiger partial charge in [0.05, 0.1) is 4.90 Å². The Bertz CT molecular complexity index is 817. The minimum Gasteiger partial charge on any atom is -0.385 e. The minimum atomic E-state index is -3.59. The number of anilines is 1. The number of benzene rings is 2. The highest BCUT2D eigenvalue weighted by atomic mass is 32.2. The summed E-state index contributed by atoms with van der Waals surface area (Å²) in [5, 5.41) is 2.82. The molecule has 0 fully saturated rings. The Hall–Kier alpha value is -2.22. The van der Waals surface area contributed by atoms with E-state index in [4.69, 9.17) is 4.74 Å². The van der Waals surface area contributed by atoms with Gasteiger partial charge >= 0.3 is 0 Å². The molecule has 0 unspecified atom stereocenters. The first kappa shape index (κ1) is 19.1. The highest BCUT2D eigenvalue weighted by molar-refractivity contribution is 7.89. The predicted molar refractivity (Wildman–Crippen MR) is 97.3 cm³/mol. The van der Waals surface area contributed by atoms with Crippen LogP contribution in [0.3, 0.4) is 0 Å². The SMILES string of the molecule is COCCCNS(=O)(=O)c1ccc(C(=O)Nc2ccccc2C)cc1. The number of aryl methyl sites for hydroxylation is 1. The van der Waals surface area contributed by atoms with Crippen molar-refractivity contribution in [3.05, 3.63) is 59.7 Å². The lowest BCUT2D eigenvalue weighted by atomic mass is 10.1. The lowest BCUT2D eigenvalue weighted by molar-refractivity contribution is 0.102. The number of para-hydroxylation sites is 1. The summed E-state index contributed by atoms with van der Waals surface area (Å²) in [6.07, 6.45) is 0.590. The molecule has 2 aromatic carbocycles. The fourth-order valence-electron chi connectivity index (χ4n) is 2.20. The van der Waals surface area contributed by atoms with Crippen LogP contribution in [0.15, 0.2) is 53.4 Å². The maximum Gasteiger partial charge on any atom is 0.255 e. The molecule has 0 atom stereocenters. The van der Waals surface area contributed by atoms with Crippen LogP contribution < -0.4 is 10.0 Å². The van der Waals surface area contributed by atoms with Gasteiger partial charge in [-0.3, -0.25) is 4.79 Å². The van der Waals surface area contributed by atoms with Crippen molar-refractivity contribution in [1.29, 1.82) is 0 Å². The van der Waals surface area contributed by atoms with E-state index in [2.05, 4.69) is 10.0 Å². The monoisotopic (exact) mass is 362 g/mol. The minimum absolute atomic E-state index is 0.123. The molecule has 25 heavy (non-hydrogen) atoms. The van der Waals surface area contributed by atoms with Crippen LogP contribution in [0.5, 0.6) is 0 Å². The van der Waals surface area contributed by atoms with E-state index in [-0.39, 0.29) is 10.8 Å². The summed E-state index contributed by atoms with van der Waals surface area (Å²) in [6, 6.07) is 13.3. The Morgan fingerprint density at radius 3 is 2.40 bits per heavy atom. The van der Waals surface area contributed by atoms with E-state index in [0.29, 0.717) is 25.1 Å². The molecule has 0 aliphatic heterocycles. The van der Waals surface area contributed by atoms with Gasteiger partial charge < -0.3 is 10.1 Å². The van der Waals surface area contributed by atoms with Gasteiger partial charge in [0.25, 0.3) is 5.91 Å². The second kappa shape index (κ2) is 8.75. The van der Waals surface area contributed by atoms with Crippen molar-refractivity contribution < 1.29 is 17.9 Å². The van der Waals surface area contributed by atoms with Crippen molar-refractivity contribution >= 4 is 21.6 Å². The van der Waals surface area contributed by atoms with Gasteiger partial charge in [-0.15, -0.1) is 0 Å². The summed E-state index contributed by atoms with van der Waals surface area (Å²) in [7, 11) is -2.02. The smallest absolute Gasteiger partial charge is 0.255 e. The van der Waals surface area contributed by atoms with E-state index in [1.807, 2.05) is 31.2 Å². The summed E-state index contributed by atoms with van der Waals surface area (Å²) in [6.45, 7) is 2.69. The molecule has 6 nitrogen and oxygen atoms in total. The normalized spacial score (nSPS) is 11.3. The fourth-order valence-corrected chi connectivity index (χ4v) is 3.27. The molecule has 0 spiro atoms. The van der Waals surface area contributed by atoms with Crippen LogP contribution in [0.25, 0.3) is 0 Å². The maximum absolute atomic E-state index is 12.3. The van der Waals surface area contributed by atoms with Gasteiger partial charge in [0.2, 0.25) is 10.0 Å². The third-order valence-corrected chi connectivity index (χ3v) is 5.11. The van der Waals surface area contributed by atoms with Crippen LogP contribution in [-0.2, 0) is 14.8 Å². The highest BCUT2D eigenvalue weighted by Gasteiger charge is 2.14. The van der Waals surface area contributed by atoms with Crippen LogP contribution in [0.4, 0.5) is 5.69 Å². The molecule has 2 rings (SSSR count). The maximum atomic E-state index is 12.3. The number of ether oxygens (including phenoxy) is 1. The Morgan fingerprint density at radius 2 is 1.76 bits per heavy atom. The number of rotatable bonds is 8. The number of amides is 1. The van der Waals surface area contributed by atoms with Crippen LogP contribution in [0, 0.1) is 6.92 Å². The zero-order valence-corrected chi connectivity index (χ0v) is 15.1. The zero-order chi connectivity index (χ0) is 18.3. The van der Waals surface area contributed by atoms with Gasteiger partial charge in [0.15, 0.2) is 0 Å². The summed E-state index contributed by atoms with van der Waals surface area (Å²) >= 11 is 0. The van der Waals surface area contributed by atoms with Crippen LogP contribution in [0.1, 0.15) is 22.3 Å². The third-order valence-electron chi connectivity index (χ3n) is 3.64. The molecule has 134 valence electrons. The highest BCUT2D eigenvalue weighted by Crippen LogP contribution is 2.16. The van der Waals surface area contributed by atoms with E-state index in [9.17, 15) is 13.2 Å². The van der Waals surface area contributed by atoms with Gasteiger partial charge in [0, 0.05) is 31.5 Å². The second-order valence-corrected chi connectivity index (χ2v) is 7.30. The molecule has 1 amide bonds. The van der Waals surface area contributed by atoms with Crippen molar-refractivity contribution in [2.75, 3.05) is 25.6 Å². The molecular formula is C18H22N2O4S. The van der Waals surface area contributed by atoms with Gasteiger partial charge in [-0.2, -0.15) is 0 Å². The molecule has 0 aliphatic carbocycles. The fraction of sp³-hybridized carbons (Fsp3) is 0.278. The molecule has 2 aromatic rings. The molecule has 2 N–H and O–H groups in total. The summed E-state index contributed by atoms with van der Waals surface area (Å²) in [5.41, 5.74) is 2.07. The molecule has 0 saturated carbocycles. The Balaban J connectivity index is 2.03. The van der Waals surface area contributed by atoms with E-state index >= 15 is 0 Å². The molecular weight excluding hydrogens is 340 g/mol. The van der Waals surface area contributed by atoms with Gasteiger partial charge in [-0.05, 0) is 49.2 Å². The van der Waals surface area contributed by atoms with Crippen molar-refractivity contribution in [1.82, 2.24) is 4.72 Å². The zero-order valence-electron chi connectivity index (χ0n) is 14.3. The van der Waals surface area contributed by atoms with Gasteiger partial charge in [0.1, 0.15) is 0 Å². The molecule has 0 bridgehead atoms. The van der Waals surface area contributed by atoms with Crippen LogP contribution >= 0.6 is 0 Å². The first-order valence-corrected chi connectivity index (χ1v) is 9.38.